The van der Waals surface area contributed by atoms with E-state index in [1.807, 2.05) is 125 Å². The van der Waals surface area contributed by atoms with Crippen molar-refractivity contribution in [3.63, 3.8) is 0 Å². The van der Waals surface area contributed by atoms with Crippen LogP contribution >= 0.6 is 0 Å². The second-order valence-corrected chi connectivity index (χ2v) is 13.6. The highest BCUT2D eigenvalue weighted by Gasteiger charge is 2.18. The maximum absolute atomic E-state index is 12.1. The summed E-state index contributed by atoms with van der Waals surface area (Å²) in [5, 5.41) is 5.46. The minimum absolute atomic E-state index is 0.218. The van der Waals surface area contributed by atoms with Crippen LogP contribution in [0.4, 0.5) is 32.6 Å². The molecule has 0 unspecified atom stereocenters. The van der Waals surface area contributed by atoms with Crippen molar-refractivity contribution in [3.8, 4) is 22.5 Å². The van der Waals surface area contributed by atoms with Crippen LogP contribution in [0.15, 0.2) is 134 Å². The topological polar surface area (TPSA) is 189 Å². The molecule has 58 heavy (non-hydrogen) atoms. The Morgan fingerprint density at radius 1 is 0.621 bits per heavy atom. The van der Waals surface area contributed by atoms with Gasteiger partial charge in [0.25, 0.3) is 0 Å². The van der Waals surface area contributed by atoms with Gasteiger partial charge < -0.3 is 20.9 Å². The first-order chi connectivity index (χ1) is 28.1. The van der Waals surface area contributed by atoms with Crippen molar-refractivity contribution in [1.29, 1.82) is 0 Å². The number of nitrogen functional groups attached to an aromatic ring is 2. The molecule has 8 rings (SSSR count). The van der Waals surface area contributed by atoms with Crippen LogP contribution in [0, 0.1) is 6.92 Å². The first kappa shape index (κ1) is 38.5. The number of carbonyl (C=O) groups excluding carboxylic acids is 2. The van der Waals surface area contributed by atoms with Gasteiger partial charge in [-0.1, -0.05) is 98.8 Å². The SMILES string of the molecule is CC(C)c1nc(-c2ccc(NC(=O)OCc3ccccc3)cc2)c2c(N)nccn12.Cc1nc(-c2ccc(NC(=O)OCc3ccccc3)cc2)c2c(N)nccn12. The Labute approximate surface area is 334 Å². The first-order valence-electron chi connectivity index (χ1n) is 18.5. The summed E-state index contributed by atoms with van der Waals surface area (Å²) >= 11 is 0. The van der Waals surface area contributed by atoms with E-state index in [9.17, 15) is 9.59 Å². The zero-order valence-corrected chi connectivity index (χ0v) is 32.2. The average Bonchev–Trinajstić information content (AvgIpc) is 3.81. The van der Waals surface area contributed by atoms with Gasteiger partial charge in [0.2, 0.25) is 0 Å². The summed E-state index contributed by atoms with van der Waals surface area (Å²) in [6, 6.07) is 33.8. The normalized spacial score (nSPS) is 10.9. The zero-order chi connectivity index (χ0) is 40.6. The molecule has 14 heteroatoms. The predicted octanol–water partition coefficient (Wildman–Crippen LogP) is 8.89. The smallest absolute Gasteiger partial charge is 0.411 e. The van der Waals surface area contributed by atoms with E-state index in [-0.39, 0.29) is 19.1 Å². The van der Waals surface area contributed by atoms with Crippen LogP contribution in [-0.2, 0) is 22.7 Å². The van der Waals surface area contributed by atoms with Crippen LogP contribution < -0.4 is 22.1 Å². The van der Waals surface area contributed by atoms with Gasteiger partial charge in [-0.2, -0.15) is 0 Å². The van der Waals surface area contributed by atoms with Crippen LogP contribution in [0.5, 0.6) is 0 Å². The molecule has 0 fully saturated rings. The molecule has 0 bridgehead atoms. The maximum Gasteiger partial charge on any atom is 0.411 e. The molecule has 0 atom stereocenters. The molecule has 4 heterocycles. The molecule has 8 aromatic rings. The van der Waals surface area contributed by atoms with E-state index in [2.05, 4.69) is 39.4 Å². The minimum Gasteiger partial charge on any atom is -0.444 e. The molecule has 0 saturated carbocycles. The van der Waals surface area contributed by atoms with Crippen LogP contribution in [-0.4, -0.2) is 40.9 Å². The number of benzene rings is 4. The molecule has 4 aromatic carbocycles. The molecule has 0 aliphatic rings. The Morgan fingerprint density at radius 3 is 1.52 bits per heavy atom. The van der Waals surface area contributed by atoms with Crippen LogP contribution in [0.1, 0.15) is 42.5 Å². The van der Waals surface area contributed by atoms with E-state index in [1.54, 1.807) is 24.5 Å². The van der Waals surface area contributed by atoms with Crippen molar-refractivity contribution < 1.29 is 19.1 Å². The van der Waals surface area contributed by atoms with Gasteiger partial charge in [-0.3, -0.25) is 19.4 Å². The summed E-state index contributed by atoms with van der Waals surface area (Å²) in [5.41, 5.74) is 20.1. The second kappa shape index (κ2) is 17.4. The Hall–Kier alpha value is -7.74. The lowest BCUT2D eigenvalue weighted by atomic mass is 10.1. The number of fused-ring (bicyclic) bond motifs is 2. The summed E-state index contributed by atoms with van der Waals surface area (Å²) in [6.45, 7) is 6.52. The number of ether oxygens (including phenoxy) is 2. The fourth-order valence-corrected chi connectivity index (χ4v) is 6.29. The highest BCUT2D eigenvalue weighted by Crippen LogP contribution is 2.32. The summed E-state index contributed by atoms with van der Waals surface area (Å²) in [5.74, 6) is 2.82. The fraction of sp³-hybridized carbons (Fsp3) is 0.136. The number of carbonyl (C=O) groups is 2. The van der Waals surface area contributed by atoms with Gasteiger partial charge in [0.1, 0.15) is 58.9 Å². The van der Waals surface area contributed by atoms with Gasteiger partial charge >= 0.3 is 12.2 Å². The molecule has 0 aliphatic carbocycles. The molecule has 6 N–H and O–H groups in total. The number of amides is 2. The Bertz CT molecular complexity index is 2660. The van der Waals surface area contributed by atoms with Crippen LogP contribution in [0.2, 0.25) is 0 Å². The molecule has 292 valence electrons. The quantitative estimate of drug-likeness (QED) is 0.110. The number of nitrogens with one attached hydrogen (secondary N) is 2. The number of hydrogen-bond acceptors (Lipinski definition) is 10. The average molecular weight is 775 g/mol. The van der Waals surface area contributed by atoms with Crippen molar-refractivity contribution in [2.75, 3.05) is 22.1 Å². The van der Waals surface area contributed by atoms with Crippen molar-refractivity contribution in [2.45, 2.75) is 39.9 Å². The maximum atomic E-state index is 12.1. The van der Waals surface area contributed by atoms with Gasteiger partial charge in [0.05, 0.1) is 0 Å². The number of anilines is 4. The highest BCUT2D eigenvalue weighted by atomic mass is 16.6. The lowest BCUT2D eigenvalue weighted by molar-refractivity contribution is 0.154. The molecular formula is C44H42N10O4. The molecule has 0 spiro atoms. The number of aryl methyl sites for hydroxylation is 1. The van der Waals surface area contributed by atoms with Gasteiger partial charge in [-0.25, -0.2) is 29.5 Å². The first-order valence-corrected chi connectivity index (χ1v) is 18.5. The van der Waals surface area contributed by atoms with Gasteiger partial charge in [-0.15, -0.1) is 0 Å². The minimum atomic E-state index is -0.506. The summed E-state index contributed by atoms with van der Waals surface area (Å²) in [6.07, 6.45) is 6.01. The second-order valence-electron chi connectivity index (χ2n) is 13.6. The third-order valence-corrected chi connectivity index (χ3v) is 9.12. The van der Waals surface area contributed by atoms with Gasteiger partial charge in [-0.05, 0) is 42.3 Å². The molecular weight excluding hydrogens is 733 g/mol. The number of hydrogen-bond donors (Lipinski definition) is 4. The molecule has 0 radical (unpaired) electrons. The van der Waals surface area contributed by atoms with E-state index < -0.39 is 12.2 Å². The number of nitrogens with zero attached hydrogens (tertiary/aromatic N) is 6. The van der Waals surface area contributed by atoms with E-state index >= 15 is 0 Å². The lowest BCUT2D eigenvalue weighted by Crippen LogP contribution is -2.13. The fourth-order valence-electron chi connectivity index (χ4n) is 6.29. The van der Waals surface area contributed by atoms with E-state index in [4.69, 9.17) is 25.9 Å². The standard InChI is InChI=1S/C23H23N5O2.C21H19N5O2/c1-15(2)22-27-19(20-21(24)25-12-13-28(20)22)17-8-10-18(11-9-17)26-23(29)30-14-16-6-4-3-5-7-16;1-14-24-18(19-20(22)23-11-12-26(14)19)16-7-9-17(10-8-16)25-21(27)28-13-15-5-3-2-4-6-15/h3-13,15H,14H2,1-2H3,(H2,24,25)(H,26,29);2-12H,13H2,1H3,(H2,22,23)(H,25,27). The lowest BCUT2D eigenvalue weighted by Gasteiger charge is -2.08. The number of nitrogens with two attached hydrogens (primary N) is 2. The summed E-state index contributed by atoms with van der Waals surface area (Å²) in [4.78, 5) is 41.8. The van der Waals surface area contributed by atoms with Gasteiger partial charge in [0, 0.05) is 53.2 Å². The number of aromatic nitrogens is 6. The summed E-state index contributed by atoms with van der Waals surface area (Å²) < 4.78 is 14.4. The largest absolute Gasteiger partial charge is 0.444 e. The molecule has 4 aromatic heterocycles. The Kier molecular flexibility index (Phi) is 11.5. The van der Waals surface area contributed by atoms with E-state index in [1.165, 1.54) is 0 Å². The predicted molar refractivity (Wildman–Crippen MR) is 225 cm³/mol. The highest BCUT2D eigenvalue weighted by molar-refractivity contribution is 5.89. The monoisotopic (exact) mass is 774 g/mol. The van der Waals surface area contributed by atoms with Crippen molar-refractivity contribution in [3.05, 3.63) is 157 Å². The molecule has 2 amide bonds. The van der Waals surface area contributed by atoms with Crippen molar-refractivity contribution in [1.82, 2.24) is 28.7 Å². The van der Waals surface area contributed by atoms with Crippen molar-refractivity contribution >= 4 is 46.2 Å². The Morgan fingerprint density at radius 2 is 1.05 bits per heavy atom. The molecule has 0 saturated heterocycles. The third kappa shape index (κ3) is 8.87. The van der Waals surface area contributed by atoms with Crippen LogP contribution in [0.3, 0.4) is 0 Å². The summed E-state index contributed by atoms with van der Waals surface area (Å²) in [7, 11) is 0. The number of rotatable bonds is 9. The molecule has 14 nitrogen and oxygen atoms in total. The Balaban J connectivity index is 0.000000177. The molecule has 0 aliphatic heterocycles. The van der Waals surface area contributed by atoms with Crippen molar-refractivity contribution in [2.24, 2.45) is 0 Å². The third-order valence-electron chi connectivity index (χ3n) is 9.12. The van der Waals surface area contributed by atoms with Gasteiger partial charge in [0.15, 0.2) is 0 Å². The zero-order valence-electron chi connectivity index (χ0n) is 32.2. The van der Waals surface area contributed by atoms with E-state index in [0.717, 1.165) is 56.3 Å². The number of imidazole rings is 2. The van der Waals surface area contributed by atoms with Crippen LogP contribution in [0.25, 0.3) is 33.5 Å². The van der Waals surface area contributed by atoms with E-state index in [0.29, 0.717) is 23.0 Å².